The van der Waals surface area contributed by atoms with Crippen molar-refractivity contribution in [2.45, 2.75) is 0 Å². The molecular formula is C7H4BrClN2. The van der Waals surface area contributed by atoms with E-state index < -0.39 is 0 Å². The molecule has 0 saturated carbocycles. The van der Waals surface area contributed by atoms with Crippen molar-refractivity contribution >= 4 is 33.2 Å². The summed E-state index contributed by atoms with van der Waals surface area (Å²) < 4.78 is 0.889. The van der Waals surface area contributed by atoms with Crippen LogP contribution in [-0.2, 0) is 0 Å². The van der Waals surface area contributed by atoms with Gasteiger partial charge in [0.1, 0.15) is 0 Å². The quantitative estimate of drug-likeness (QED) is 0.596. The molecule has 0 aliphatic carbocycles. The van der Waals surface area contributed by atoms with Crippen LogP contribution in [0, 0.1) is 11.5 Å². The average Bonchev–Trinajstić information content (AvgIpc) is 1.98. The molecule has 0 aromatic heterocycles. The maximum absolute atomic E-state index is 8.30. The number of hydrogen-bond donors (Lipinski definition) is 1. The molecule has 0 bridgehead atoms. The summed E-state index contributed by atoms with van der Waals surface area (Å²) in [5.41, 5.74) is 0.614. The molecular weight excluding hydrogens is 227 g/mol. The van der Waals surface area contributed by atoms with Crippen molar-refractivity contribution < 1.29 is 0 Å². The highest BCUT2D eigenvalue weighted by Crippen LogP contribution is 2.24. The molecule has 0 heterocycles. The molecule has 0 unspecified atom stereocenters. The lowest BCUT2D eigenvalue weighted by molar-refractivity contribution is 1.47. The Morgan fingerprint density at radius 2 is 2.27 bits per heavy atom. The number of nitrogens with zero attached hydrogens (tertiary/aromatic N) is 1. The zero-order valence-corrected chi connectivity index (χ0v) is 7.78. The molecule has 0 aliphatic heterocycles. The predicted molar refractivity (Wildman–Crippen MR) is 48.4 cm³/mol. The predicted octanol–water partition coefficient (Wildman–Crippen LogP) is 3.00. The van der Waals surface area contributed by atoms with E-state index >= 15 is 0 Å². The maximum Gasteiger partial charge on any atom is 0.181 e. The minimum Gasteiger partial charge on any atom is -0.291 e. The van der Waals surface area contributed by atoms with E-state index in [-0.39, 0.29) is 0 Å². The number of benzene rings is 1. The molecule has 4 heteroatoms. The molecule has 0 fully saturated rings. The van der Waals surface area contributed by atoms with Gasteiger partial charge in [0.05, 0.1) is 10.7 Å². The second-order valence-electron chi connectivity index (χ2n) is 1.86. The van der Waals surface area contributed by atoms with Crippen molar-refractivity contribution in [1.29, 1.82) is 5.26 Å². The average molecular weight is 231 g/mol. The summed E-state index contributed by atoms with van der Waals surface area (Å²) in [4.78, 5) is 0. The Morgan fingerprint density at radius 1 is 1.55 bits per heavy atom. The van der Waals surface area contributed by atoms with Gasteiger partial charge in [-0.05, 0) is 18.2 Å². The lowest BCUT2D eigenvalue weighted by Gasteiger charge is -1.99. The van der Waals surface area contributed by atoms with Crippen LogP contribution in [0.3, 0.4) is 0 Å². The Morgan fingerprint density at radius 3 is 2.91 bits per heavy atom. The number of nitriles is 1. The lowest BCUT2D eigenvalue weighted by Crippen LogP contribution is -1.87. The Bertz CT molecular complexity index is 306. The molecule has 1 aromatic carbocycles. The number of anilines is 1. The van der Waals surface area contributed by atoms with Crippen molar-refractivity contribution in [1.82, 2.24) is 0 Å². The van der Waals surface area contributed by atoms with Gasteiger partial charge >= 0.3 is 0 Å². The van der Waals surface area contributed by atoms with E-state index in [2.05, 4.69) is 21.2 Å². The first kappa shape index (κ1) is 8.38. The summed E-state index contributed by atoms with van der Waals surface area (Å²) in [5.74, 6) is 0. The normalized spacial score (nSPS) is 8.82. The first-order chi connectivity index (χ1) is 5.24. The van der Waals surface area contributed by atoms with Crippen LogP contribution < -0.4 is 5.32 Å². The van der Waals surface area contributed by atoms with Gasteiger partial charge in [-0.25, -0.2) is 0 Å². The van der Waals surface area contributed by atoms with Crippen LogP contribution in [0.25, 0.3) is 0 Å². The largest absolute Gasteiger partial charge is 0.291 e. The molecule has 0 radical (unpaired) electrons. The highest BCUT2D eigenvalue weighted by molar-refractivity contribution is 9.10. The van der Waals surface area contributed by atoms with Gasteiger partial charge < -0.3 is 0 Å². The summed E-state index contributed by atoms with van der Waals surface area (Å²) in [6.45, 7) is 0. The molecule has 11 heavy (non-hydrogen) atoms. The number of rotatable bonds is 1. The van der Waals surface area contributed by atoms with Crippen LogP contribution in [0.2, 0.25) is 5.02 Å². The van der Waals surface area contributed by atoms with Gasteiger partial charge in [-0.15, -0.1) is 0 Å². The zero-order valence-electron chi connectivity index (χ0n) is 5.44. The van der Waals surface area contributed by atoms with Gasteiger partial charge in [0.25, 0.3) is 0 Å². The minimum atomic E-state index is 0.537. The fraction of sp³-hybridized carbons (Fsp3) is 0. The highest BCUT2D eigenvalue weighted by Gasteiger charge is 1.98. The standard InChI is InChI=1S/C7H4BrClN2/c8-5-1-2-6(9)7(3-5)11-4-10/h1-3,11H. The van der Waals surface area contributed by atoms with E-state index in [1.807, 2.05) is 6.07 Å². The summed E-state index contributed by atoms with van der Waals surface area (Å²) in [5, 5.41) is 11.3. The molecule has 2 nitrogen and oxygen atoms in total. The summed E-state index contributed by atoms with van der Waals surface area (Å²) in [7, 11) is 0. The molecule has 0 saturated heterocycles. The molecule has 1 aromatic rings. The van der Waals surface area contributed by atoms with Crippen LogP contribution in [0.15, 0.2) is 22.7 Å². The smallest absolute Gasteiger partial charge is 0.181 e. The topological polar surface area (TPSA) is 35.8 Å². The van der Waals surface area contributed by atoms with Crippen LogP contribution in [0.1, 0.15) is 0 Å². The molecule has 0 amide bonds. The van der Waals surface area contributed by atoms with Crippen LogP contribution in [-0.4, -0.2) is 0 Å². The Labute approximate surface area is 77.9 Å². The monoisotopic (exact) mass is 230 g/mol. The molecule has 1 rings (SSSR count). The fourth-order valence-corrected chi connectivity index (χ4v) is 1.18. The Kier molecular flexibility index (Phi) is 2.75. The Hall–Kier alpha value is -0.720. The van der Waals surface area contributed by atoms with Crippen molar-refractivity contribution in [3.8, 4) is 6.19 Å². The SMILES string of the molecule is N#CNc1cc(Br)ccc1Cl. The third kappa shape index (κ3) is 2.11. The van der Waals surface area contributed by atoms with E-state index in [1.54, 1.807) is 18.3 Å². The van der Waals surface area contributed by atoms with Crippen LogP contribution in [0.4, 0.5) is 5.69 Å². The van der Waals surface area contributed by atoms with Crippen LogP contribution >= 0.6 is 27.5 Å². The van der Waals surface area contributed by atoms with Crippen molar-refractivity contribution in [3.05, 3.63) is 27.7 Å². The van der Waals surface area contributed by atoms with Crippen molar-refractivity contribution in [2.24, 2.45) is 0 Å². The van der Waals surface area contributed by atoms with E-state index in [0.29, 0.717) is 10.7 Å². The van der Waals surface area contributed by atoms with E-state index in [4.69, 9.17) is 16.9 Å². The molecule has 0 atom stereocenters. The second kappa shape index (κ2) is 3.61. The first-order valence-corrected chi connectivity index (χ1v) is 4.01. The first-order valence-electron chi connectivity index (χ1n) is 2.84. The molecule has 56 valence electrons. The molecule has 0 aliphatic rings. The van der Waals surface area contributed by atoms with Crippen LogP contribution in [0.5, 0.6) is 0 Å². The third-order valence-corrected chi connectivity index (χ3v) is 1.94. The van der Waals surface area contributed by atoms with Gasteiger partial charge in [0, 0.05) is 4.47 Å². The number of halogens is 2. The zero-order chi connectivity index (χ0) is 8.27. The highest BCUT2D eigenvalue weighted by atomic mass is 79.9. The summed E-state index contributed by atoms with van der Waals surface area (Å²) in [6.07, 6.45) is 1.80. The molecule has 1 N–H and O–H groups in total. The fourth-order valence-electron chi connectivity index (χ4n) is 0.654. The number of nitrogens with one attached hydrogen (secondary N) is 1. The van der Waals surface area contributed by atoms with Gasteiger partial charge in [0.15, 0.2) is 6.19 Å². The van der Waals surface area contributed by atoms with E-state index in [0.717, 1.165) is 4.47 Å². The van der Waals surface area contributed by atoms with Crippen molar-refractivity contribution in [3.63, 3.8) is 0 Å². The van der Waals surface area contributed by atoms with Crippen molar-refractivity contribution in [2.75, 3.05) is 5.32 Å². The Balaban J connectivity index is 3.05. The van der Waals surface area contributed by atoms with E-state index in [1.165, 1.54) is 0 Å². The lowest BCUT2D eigenvalue weighted by atomic mass is 10.3. The summed E-state index contributed by atoms with van der Waals surface area (Å²) >= 11 is 9.00. The second-order valence-corrected chi connectivity index (χ2v) is 3.18. The van der Waals surface area contributed by atoms with E-state index in [9.17, 15) is 0 Å². The minimum absolute atomic E-state index is 0.537. The molecule has 0 spiro atoms. The third-order valence-electron chi connectivity index (χ3n) is 1.12. The number of hydrogen-bond acceptors (Lipinski definition) is 2. The van der Waals surface area contributed by atoms with Gasteiger partial charge in [-0.2, -0.15) is 5.26 Å². The van der Waals surface area contributed by atoms with Gasteiger partial charge in [-0.1, -0.05) is 27.5 Å². The van der Waals surface area contributed by atoms with Gasteiger partial charge in [-0.3, -0.25) is 5.32 Å². The summed E-state index contributed by atoms with van der Waals surface area (Å²) in [6, 6.07) is 5.27. The van der Waals surface area contributed by atoms with Gasteiger partial charge in [0.2, 0.25) is 0 Å². The maximum atomic E-state index is 8.30.